The number of nitrogens with two attached hydrogens (primary N) is 1. The minimum absolute atomic E-state index is 0.344. The van der Waals surface area contributed by atoms with Crippen LogP contribution in [-0.4, -0.2) is 27.1 Å². The van der Waals surface area contributed by atoms with Gasteiger partial charge < -0.3 is 15.2 Å². The minimum atomic E-state index is 0.344. The lowest BCUT2D eigenvalue weighted by Crippen LogP contribution is -2.09. The lowest BCUT2D eigenvalue weighted by atomic mass is 10.7. The fraction of sp³-hybridized carbons (Fsp3) is 1.00. The van der Waals surface area contributed by atoms with Crippen LogP contribution in [0.2, 0.25) is 0 Å². The summed E-state index contributed by atoms with van der Waals surface area (Å²) in [6.45, 7) is 1.48. The van der Waals surface area contributed by atoms with Crippen molar-refractivity contribution < 1.29 is 9.47 Å². The summed E-state index contributed by atoms with van der Waals surface area (Å²) < 4.78 is 9.35. The van der Waals surface area contributed by atoms with Crippen LogP contribution in [0.5, 0.6) is 0 Å². The minimum Gasteiger partial charge on any atom is -0.359 e. The Morgan fingerprint density at radius 2 is 2.29 bits per heavy atom. The molecule has 0 saturated carbocycles. The molecule has 0 spiro atoms. The molecular weight excluding hydrogens is 94.0 g/mol. The second-order valence-corrected chi connectivity index (χ2v) is 1.10. The number of ether oxygens (including phenoxy) is 2. The van der Waals surface area contributed by atoms with E-state index in [1.54, 1.807) is 7.11 Å². The van der Waals surface area contributed by atoms with Gasteiger partial charge in [-0.15, -0.1) is 0 Å². The van der Waals surface area contributed by atoms with Crippen molar-refractivity contribution in [3.63, 3.8) is 0 Å². The first-order valence-corrected chi connectivity index (χ1v) is 2.18. The molecule has 0 unspecified atom stereocenters. The van der Waals surface area contributed by atoms with Gasteiger partial charge in [0.15, 0.2) is 0 Å². The molecule has 0 radical (unpaired) electrons. The van der Waals surface area contributed by atoms with Crippen molar-refractivity contribution in [2.45, 2.75) is 0 Å². The molecule has 0 heterocycles. The first kappa shape index (κ1) is 6.88. The van der Waals surface area contributed by atoms with E-state index in [4.69, 9.17) is 10.5 Å². The van der Waals surface area contributed by atoms with Crippen LogP contribution in [-0.2, 0) is 9.47 Å². The van der Waals surface area contributed by atoms with Crippen molar-refractivity contribution in [1.29, 1.82) is 0 Å². The molecule has 0 saturated heterocycles. The Bertz CT molecular complexity index is 28.9. The molecule has 2 N–H and O–H groups in total. The Balaban J connectivity index is 2.45. The summed E-state index contributed by atoms with van der Waals surface area (Å²) in [7, 11) is 1.58. The maximum atomic E-state index is 5.09. The van der Waals surface area contributed by atoms with E-state index in [2.05, 4.69) is 4.74 Å². The van der Waals surface area contributed by atoms with Crippen molar-refractivity contribution >= 4 is 0 Å². The van der Waals surface area contributed by atoms with Crippen LogP contribution in [0.1, 0.15) is 0 Å². The van der Waals surface area contributed by atoms with Gasteiger partial charge in [-0.2, -0.15) is 0 Å². The number of hydrogen-bond donors (Lipinski definition) is 1. The smallest absolute Gasteiger partial charge is 0.146 e. The van der Waals surface area contributed by atoms with Gasteiger partial charge in [0, 0.05) is 13.7 Å². The van der Waals surface area contributed by atoms with Crippen molar-refractivity contribution in [1.82, 2.24) is 0 Å². The zero-order chi connectivity index (χ0) is 5.54. The van der Waals surface area contributed by atoms with Crippen LogP contribution in [0.3, 0.4) is 0 Å². The van der Waals surface area contributed by atoms with Crippen molar-refractivity contribution in [3.05, 3.63) is 0 Å². The third kappa shape index (κ3) is 5.88. The molecule has 0 aromatic heterocycles. The molecule has 0 atom stereocenters. The lowest BCUT2D eigenvalue weighted by molar-refractivity contribution is -0.0271. The standard InChI is InChI=1S/C4H11NO2/c1-6-4-7-3-2-5/h2-5H2,1H3. The molecule has 0 aliphatic heterocycles. The highest BCUT2D eigenvalue weighted by Crippen LogP contribution is 1.69. The Labute approximate surface area is 43.4 Å². The van der Waals surface area contributed by atoms with Crippen LogP contribution in [0.4, 0.5) is 0 Å². The van der Waals surface area contributed by atoms with E-state index in [1.165, 1.54) is 0 Å². The van der Waals surface area contributed by atoms with E-state index in [0.717, 1.165) is 0 Å². The molecule has 0 amide bonds. The predicted octanol–water partition coefficient (Wildman–Crippen LogP) is -0.434. The van der Waals surface area contributed by atoms with Gasteiger partial charge >= 0.3 is 0 Å². The summed E-state index contributed by atoms with van der Waals surface area (Å²) in [6, 6.07) is 0. The van der Waals surface area contributed by atoms with E-state index >= 15 is 0 Å². The molecule has 0 aliphatic rings. The summed E-state index contributed by atoms with van der Waals surface area (Å²) in [5.74, 6) is 0. The van der Waals surface area contributed by atoms with Crippen LogP contribution in [0.25, 0.3) is 0 Å². The fourth-order valence-electron chi connectivity index (χ4n) is 0.226. The van der Waals surface area contributed by atoms with Crippen LogP contribution < -0.4 is 5.73 Å². The largest absolute Gasteiger partial charge is 0.359 e. The average Bonchev–Trinajstić information content (AvgIpc) is 1.69. The van der Waals surface area contributed by atoms with E-state index in [1.807, 2.05) is 0 Å². The maximum Gasteiger partial charge on any atom is 0.146 e. The van der Waals surface area contributed by atoms with Gasteiger partial charge in [0.2, 0.25) is 0 Å². The molecule has 0 rings (SSSR count). The molecule has 0 aliphatic carbocycles. The fourth-order valence-corrected chi connectivity index (χ4v) is 0.226. The Hall–Kier alpha value is -0.120. The second-order valence-electron chi connectivity index (χ2n) is 1.10. The average molecular weight is 105 g/mol. The zero-order valence-electron chi connectivity index (χ0n) is 4.52. The molecular formula is C4H11NO2. The van der Waals surface area contributed by atoms with Crippen molar-refractivity contribution in [2.75, 3.05) is 27.1 Å². The SMILES string of the molecule is COCOCCN. The van der Waals surface area contributed by atoms with Crippen molar-refractivity contribution in [3.8, 4) is 0 Å². The Morgan fingerprint density at radius 3 is 2.71 bits per heavy atom. The number of rotatable bonds is 4. The van der Waals surface area contributed by atoms with Gasteiger partial charge in [0.05, 0.1) is 6.61 Å². The highest BCUT2D eigenvalue weighted by molar-refractivity contribution is 4.23. The quantitative estimate of drug-likeness (QED) is 0.389. The monoisotopic (exact) mass is 105 g/mol. The summed E-state index contributed by atoms with van der Waals surface area (Å²) in [4.78, 5) is 0. The van der Waals surface area contributed by atoms with Gasteiger partial charge in [-0.1, -0.05) is 0 Å². The summed E-state index contributed by atoms with van der Waals surface area (Å²) >= 11 is 0. The van der Waals surface area contributed by atoms with Gasteiger partial charge in [-0.3, -0.25) is 0 Å². The predicted molar refractivity (Wildman–Crippen MR) is 26.9 cm³/mol. The Kier molecular flexibility index (Phi) is 5.78. The summed E-state index contributed by atoms with van der Waals surface area (Å²) in [5.41, 5.74) is 5.09. The number of methoxy groups -OCH3 is 1. The van der Waals surface area contributed by atoms with Crippen molar-refractivity contribution in [2.24, 2.45) is 5.73 Å². The van der Waals surface area contributed by atoms with Crippen LogP contribution >= 0.6 is 0 Å². The van der Waals surface area contributed by atoms with E-state index < -0.39 is 0 Å². The van der Waals surface area contributed by atoms with Gasteiger partial charge in [-0.05, 0) is 0 Å². The van der Waals surface area contributed by atoms with E-state index in [0.29, 0.717) is 19.9 Å². The zero-order valence-corrected chi connectivity index (χ0v) is 4.52. The third-order valence-corrected chi connectivity index (χ3v) is 0.463. The van der Waals surface area contributed by atoms with E-state index in [9.17, 15) is 0 Å². The highest BCUT2D eigenvalue weighted by atomic mass is 16.7. The molecule has 3 nitrogen and oxygen atoms in total. The molecule has 0 bridgehead atoms. The molecule has 0 aromatic rings. The van der Waals surface area contributed by atoms with E-state index in [-0.39, 0.29) is 0 Å². The highest BCUT2D eigenvalue weighted by Gasteiger charge is 1.77. The van der Waals surface area contributed by atoms with Gasteiger partial charge in [-0.25, -0.2) is 0 Å². The summed E-state index contributed by atoms with van der Waals surface area (Å²) in [6.07, 6.45) is 0. The summed E-state index contributed by atoms with van der Waals surface area (Å²) in [5, 5.41) is 0. The molecule has 7 heavy (non-hydrogen) atoms. The lowest BCUT2D eigenvalue weighted by Gasteiger charge is -1.96. The molecule has 0 fully saturated rings. The normalized spacial score (nSPS) is 9.43. The second kappa shape index (κ2) is 5.88. The molecule has 3 heteroatoms. The first-order chi connectivity index (χ1) is 3.41. The third-order valence-electron chi connectivity index (χ3n) is 0.463. The maximum absolute atomic E-state index is 5.09. The molecule has 0 aromatic carbocycles. The van der Waals surface area contributed by atoms with Crippen LogP contribution in [0, 0.1) is 0 Å². The van der Waals surface area contributed by atoms with Gasteiger partial charge in [0.25, 0.3) is 0 Å². The topological polar surface area (TPSA) is 44.5 Å². The number of hydrogen-bond acceptors (Lipinski definition) is 3. The molecule has 44 valence electrons. The van der Waals surface area contributed by atoms with Gasteiger partial charge in [0.1, 0.15) is 6.79 Å². The Morgan fingerprint density at radius 1 is 1.57 bits per heavy atom. The van der Waals surface area contributed by atoms with Crippen LogP contribution in [0.15, 0.2) is 0 Å². The first-order valence-electron chi connectivity index (χ1n) is 2.18.